The molecule has 0 heterocycles. The van der Waals surface area contributed by atoms with Gasteiger partial charge in [-0.05, 0) is 64.2 Å². The summed E-state index contributed by atoms with van der Waals surface area (Å²) in [6.07, 6.45) is 65.4. The molecule has 0 aromatic heterocycles. The van der Waals surface area contributed by atoms with Crippen LogP contribution in [0.15, 0.2) is 48.6 Å². The van der Waals surface area contributed by atoms with Crippen molar-refractivity contribution in [3.63, 3.8) is 0 Å². The van der Waals surface area contributed by atoms with Gasteiger partial charge in [0, 0.05) is 6.42 Å². The molecule has 0 saturated heterocycles. The third-order valence-corrected chi connectivity index (χ3v) is 11.3. The SMILES string of the molecule is CCCCC/C=C\C/C=C\CCCCCCCC(=O)NC(CO)C(O)/C=C/CC/C=C/CCCCCCCCCCCCCCCCCCCCCCCCC. The largest absolute Gasteiger partial charge is 0.394 e. The van der Waals surface area contributed by atoms with Crippen LogP contribution in [0.3, 0.4) is 0 Å². The topological polar surface area (TPSA) is 69.6 Å². The Bertz CT molecular complexity index is 893. The first kappa shape index (κ1) is 54.3. The van der Waals surface area contributed by atoms with Gasteiger partial charge in [-0.25, -0.2) is 0 Å². The summed E-state index contributed by atoms with van der Waals surface area (Å²) in [5, 5.41) is 23.0. The number of carbonyl (C=O) groups is 1. The molecule has 3 N–H and O–H groups in total. The van der Waals surface area contributed by atoms with E-state index in [1.54, 1.807) is 6.08 Å². The maximum atomic E-state index is 12.4. The van der Waals surface area contributed by atoms with E-state index in [2.05, 4.69) is 55.6 Å². The minimum Gasteiger partial charge on any atom is -0.394 e. The minimum absolute atomic E-state index is 0.0873. The number of unbranched alkanes of at least 4 members (excludes halogenated alkanes) is 32. The van der Waals surface area contributed by atoms with Gasteiger partial charge < -0.3 is 15.5 Å². The van der Waals surface area contributed by atoms with Gasteiger partial charge in [-0.2, -0.15) is 0 Å². The molecule has 0 bridgehead atoms. The van der Waals surface area contributed by atoms with Crippen molar-refractivity contribution in [2.24, 2.45) is 0 Å². The first-order chi connectivity index (χ1) is 27.7. The van der Waals surface area contributed by atoms with Crippen LogP contribution in [-0.2, 0) is 4.79 Å². The molecule has 2 atom stereocenters. The first-order valence-corrected chi connectivity index (χ1v) is 24.9. The summed E-state index contributed by atoms with van der Waals surface area (Å²) in [4.78, 5) is 12.4. The molecular formula is C52H97NO3. The van der Waals surface area contributed by atoms with E-state index >= 15 is 0 Å². The standard InChI is InChI=1S/C52H97NO3/c1-3-5-7-9-11-13-15-17-19-20-21-22-23-24-25-26-27-28-29-30-31-32-34-35-37-39-41-43-45-47-51(55)50(49-54)53-52(56)48-46-44-42-40-38-36-33-18-16-14-12-10-8-6-4-2/h12,14,18,33,37,39,45,47,50-51,54-55H,3-11,13,15-17,19-32,34-36,38,40-44,46,48-49H2,1-2H3,(H,53,56)/b14-12-,33-18-,39-37+,47-45+. The molecule has 4 heteroatoms. The number of carbonyl (C=O) groups excluding carboxylic acids is 1. The van der Waals surface area contributed by atoms with Gasteiger partial charge in [0.05, 0.1) is 18.8 Å². The van der Waals surface area contributed by atoms with Crippen molar-refractivity contribution < 1.29 is 15.0 Å². The van der Waals surface area contributed by atoms with Crippen molar-refractivity contribution >= 4 is 5.91 Å². The fourth-order valence-corrected chi connectivity index (χ4v) is 7.46. The van der Waals surface area contributed by atoms with Crippen LogP contribution in [0, 0.1) is 0 Å². The highest BCUT2D eigenvalue weighted by Gasteiger charge is 2.17. The minimum atomic E-state index is -0.869. The monoisotopic (exact) mass is 784 g/mol. The van der Waals surface area contributed by atoms with Crippen molar-refractivity contribution in [1.29, 1.82) is 0 Å². The Kier molecular flexibility index (Phi) is 46.3. The van der Waals surface area contributed by atoms with Crippen LogP contribution in [0.25, 0.3) is 0 Å². The Labute approximate surface area is 350 Å². The van der Waals surface area contributed by atoms with Gasteiger partial charge in [0.15, 0.2) is 0 Å². The molecule has 0 spiro atoms. The van der Waals surface area contributed by atoms with E-state index in [0.717, 1.165) is 51.4 Å². The van der Waals surface area contributed by atoms with Crippen LogP contribution < -0.4 is 5.32 Å². The molecule has 0 rings (SSSR count). The van der Waals surface area contributed by atoms with Gasteiger partial charge in [-0.3, -0.25) is 4.79 Å². The molecule has 0 aromatic rings. The Hall–Kier alpha value is -1.65. The summed E-state index contributed by atoms with van der Waals surface area (Å²) < 4.78 is 0. The summed E-state index contributed by atoms with van der Waals surface area (Å²) >= 11 is 0. The van der Waals surface area contributed by atoms with Crippen LogP contribution in [0.5, 0.6) is 0 Å². The van der Waals surface area contributed by atoms with Crippen molar-refractivity contribution in [3.8, 4) is 0 Å². The number of aliphatic hydroxyl groups is 2. The second-order valence-electron chi connectivity index (χ2n) is 16.9. The van der Waals surface area contributed by atoms with Gasteiger partial charge in [-0.15, -0.1) is 0 Å². The smallest absolute Gasteiger partial charge is 0.220 e. The molecule has 0 radical (unpaired) electrons. The van der Waals surface area contributed by atoms with Crippen molar-refractivity contribution in [2.45, 2.75) is 270 Å². The fourth-order valence-electron chi connectivity index (χ4n) is 7.46. The van der Waals surface area contributed by atoms with Crippen LogP contribution in [-0.4, -0.2) is 34.9 Å². The molecule has 0 aromatic carbocycles. The predicted octanol–water partition coefficient (Wildman–Crippen LogP) is 15.9. The molecule has 56 heavy (non-hydrogen) atoms. The summed E-state index contributed by atoms with van der Waals surface area (Å²) in [6.45, 7) is 4.28. The van der Waals surface area contributed by atoms with E-state index in [1.165, 1.54) is 186 Å². The summed E-state index contributed by atoms with van der Waals surface area (Å²) in [7, 11) is 0. The summed E-state index contributed by atoms with van der Waals surface area (Å²) in [5.41, 5.74) is 0. The third kappa shape index (κ3) is 43.5. The van der Waals surface area contributed by atoms with E-state index < -0.39 is 12.1 Å². The van der Waals surface area contributed by atoms with Gasteiger partial charge in [-0.1, -0.05) is 236 Å². The normalized spacial score (nSPS) is 13.3. The van der Waals surface area contributed by atoms with E-state index in [0.29, 0.717) is 6.42 Å². The molecule has 0 fully saturated rings. The molecule has 2 unspecified atom stereocenters. The van der Waals surface area contributed by atoms with Gasteiger partial charge in [0.25, 0.3) is 0 Å². The molecule has 0 saturated carbocycles. The highest BCUT2D eigenvalue weighted by Crippen LogP contribution is 2.16. The molecule has 0 aliphatic carbocycles. The molecule has 0 aliphatic heterocycles. The molecule has 1 amide bonds. The third-order valence-electron chi connectivity index (χ3n) is 11.3. The molecule has 0 aliphatic rings. The second-order valence-corrected chi connectivity index (χ2v) is 16.9. The zero-order chi connectivity index (χ0) is 40.7. The average molecular weight is 784 g/mol. The Balaban J connectivity index is 3.54. The lowest BCUT2D eigenvalue weighted by molar-refractivity contribution is -0.123. The van der Waals surface area contributed by atoms with Crippen LogP contribution in [0.1, 0.15) is 258 Å². The lowest BCUT2D eigenvalue weighted by Gasteiger charge is -2.19. The summed E-state index contributed by atoms with van der Waals surface area (Å²) in [5.74, 6) is -0.0873. The van der Waals surface area contributed by atoms with E-state index in [9.17, 15) is 15.0 Å². The number of rotatable bonds is 45. The number of aliphatic hydroxyl groups excluding tert-OH is 2. The average Bonchev–Trinajstić information content (AvgIpc) is 3.20. The highest BCUT2D eigenvalue weighted by molar-refractivity contribution is 5.76. The number of amides is 1. The van der Waals surface area contributed by atoms with E-state index in [4.69, 9.17) is 0 Å². The number of hydrogen-bond donors (Lipinski definition) is 3. The summed E-state index contributed by atoms with van der Waals surface area (Å²) in [6, 6.07) is -0.647. The van der Waals surface area contributed by atoms with E-state index in [-0.39, 0.29) is 12.5 Å². The zero-order valence-corrected chi connectivity index (χ0v) is 37.7. The Morgan fingerprint density at radius 2 is 0.750 bits per heavy atom. The molecule has 328 valence electrons. The van der Waals surface area contributed by atoms with Crippen molar-refractivity contribution in [3.05, 3.63) is 48.6 Å². The quantitative estimate of drug-likeness (QED) is 0.0425. The van der Waals surface area contributed by atoms with Gasteiger partial charge in [0.1, 0.15) is 0 Å². The fraction of sp³-hybridized carbons (Fsp3) is 0.827. The van der Waals surface area contributed by atoms with E-state index in [1.807, 2.05) is 6.08 Å². The number of allylic oxidation sites excluding steroid dienone is 7. The lowest BCUT2D eigenvalue weighted by Crippen LogP contribution is -2.45. The number of hydrogen-bond acceptors (Lipinski definition) is 3. The van der Waals surface area contributed by atoms with Crippen LogP contribution >= 0.6 is 0 Å². The maximum Gasteiger partial charge on any atom is 0.220 e. The number of nitrogens with one attached hydrogen (secondary N) is 1. The van der Waals surface area contributed by atoms with Crippen LogP contribution in [0.4, 0.5) is 0 Å². The van der Waals surface area contributed by atoms with Crippen molar-refractivity contribution in [2.75, 3.05) is 6.61 Å². The highest BCUT2D eigenvalue weighted by atomic mass is 16.3. The van der Waals surface area contributed by atoms with Gasteiger partial charge in [0.2, 0.25) is 5.91 Å². The Morgan fingerprint density at radius 3 is 1.18 bits per heavy atom. The lowest BCUT2D eigenvalue weighted by atomic mass is 10.0. The molecular weight excluding hydrogens is 687 g/mol. The Morgan fingerprint density at radius 1 is 0.429 bits per heavy atom. The van der Waals surface area contributed by atoms with Crippen LogP contribution in [0.2, 0.25) is 0 Å². The maximum absolute atomic E-state index is 12.4. The van der Waals surface area contributed by atoms with Crippen molar-refractivity contribution in [1.82, 2.24) is 5.32 Å². The second kappa shape index (κ2) is 47.7. The first-order valence-electron chi connectivity index (χ1n) is 24.9. The van der Waals surface area contributed by atoms with Gasteiger partial charge >= 0.3 is 0 Å². The predicted molar refractivity (Wildman–Crippen MR) is 248 cm³/mol. The zero-order valence-electron chi connectivity index (χ0n) is 37.7. The molecule has 4 nitrogen and oxygen atoms in total.